The molecule has 3 unspecified atom stereocenters. The third-order valence-electron chi connectivity index (χ3n) is 3.42. The molecule has 1 saturated heterocycles. The van der Waals surface area contributed by atoms with Crippen molar-refractivity contribution in [1.29, 1.82) is 5.26 Å². The minimum absolute atomic E-state index is 0.167. The molecule has 0 spiro atoms. The molecule has 96 valence electrons. The molecule has 0 aromatic heterocycles. The number of nitriles is 1. The fraction of sp³-hybridized carbons (Fsp3) is 0.533. The van der Waals surface area contributed by atoms with E-state index in [2.05, 4.69) is 37.8 Å². The topological polar surface area (TPSA) is 36.3 Å². The number of hydrogen-bond donors (Lipinski definition) is 0. The van der Waals surface area contributed by atoms with E-state index in [1.54, 1.807) is 0 Å². The Bertz CT molecular complexity index is 442. The van der Waals surface area contributed by atoms with Gasteiger partial charge in [-0.3, -0.25) is 4.90 Å². The molecule has 1 aliphatic rings. The molecule has 2 rings (SSSR count). The standard InChI is InChI=1S/C15H20N2O/c1-11-6-4-5-7-14(11)15(8-16)17-9-12(2)18-13(3)10-17/h4-7,12-13,15H,9-10H2,1-3H3. The molecule has 1 aliphatic heterocycles. The molecule has 18 heavy (non-hydrogen) atoms. The van der Waals surface area contributed by atoms with Crippen molar-refractivity contribution < 1.29 is 4.74 Å². The van der Waals surface area contributed by atoms with E-state index >= 15 is 0 Å². The number of benzene rings is 1. The molecule has 0 N–H and O–H groups in total. The molecule has 0 saturated carbocycles. The fourth-order valence-corrected chi connectivity index (χ4v) is 2.67. The van der Waals surface area contributed by atoms with Gasteiger partial charge >= 0.3 is 0 Å². The van der Waals surface area contributed by atoms with Gasteiger partial charge in [-0.2, -0.15) is 5.26 Å². The van der Waals surface area contributed by atoms with Crippen molar-refractivity contribution in [2.24, 2.45) is 0 Å². The minimum atomic E-state index is -0.167. The van der Waals surface area contributed by atoms with Crippen molar-refractivity contribution in [3.05, 3.63) is 35.4 Å². The monoisotopic (exact) mass is 244 g/mol. The molecular weight excluding hydrogens is 224 g/mol. The minimum Gasteiger partial charge on any atom is -0.373 e. The molecular formula is C15H20N2O. The highest BCUT2D eigenvalue weighted by Gasteiger charge is 2.29. The summed E-state index contributed by atoms with van der Waals surface area (Å²) in [4.78, 5) is 2.22. The van der Waals surface area contributed by atoms with E-state index in [1.807, 2.05) is 18.2 Å². The lowest BCUT2D eigenvalue weighted by Gasteiger charge is -2.38. The van der Waals surface area contributed by atoms with Gasteiger partial charge in [0.15, 0.2) is 0 Å². The Morgan fingerprint density at radius 3 is 2.44 bits per heavy atom. The van der Waals surface area contributed by atoms with E-state index in [-0.39, 0.29) is 18.2 Å². The van der Waals surface area contributed by atoms with Crippen LogP contribution in [0.15, 0.2) is 24.3 Å². The number of morpholine rings is 1. The second-order valence-electron chi connectivity index (χ2n) is 5.10. The van der Waals surface area contributed by atoms with Crippen molar-refractivity contribution in [2.45, 2.75) is 39.0 Å². The molecule has 1 heterocycles. The summed E-state index contributed by atoms with van der Waals surface area (Å²) in [5.74, 6) is 0. The van der Waals surface area contributed by atoms with E-state index in [9.17, 15) is 5.26 Å². The van der Waals surface area contributed by atoms with Crippen LogP contribution in [0.1, 0.15) is 31.0 Å². The predicted molar refractivity (Wildman–Crippen MR) is 71.1 cm³/mol. The van der Waals surface area contributed by atoms with E-state index in [4.69, 9.17) is 4.74 Å². The van der Waals surface area contributed by atoms with Crippen LogP contribution in [-0.4, -0.2) is 30.2 Å². The van der Waals surface area contributed by atoms with Crippen molar-refractivity contribution in [3.8, 4) is 6.07 Å². The average Bonchev–Trinajstić information content (AvgIpc) is 2.31. The quantitative estimate of drug-likeness (QED) is 0.802. The average molecular weight is 244 g/mol. The molecule has 0 amide bonds. The van der Waals surface area contributed by atoms with Gasteiger partial charge in [-0.1, -0.05) is 24.3 Å². The first-order valence-electron chi connectivity index (χ1n) is 6.46. The summed E-state index contributed by atoms with van der Waals surface area (Å²) in [7, 11) is 0. The summed E-state index contributed by atoms with van der Waals surface area (Å²) in [6.07, 6.45) is 0.377. The van der Waals surface area contributed by atoms with E-state index in [0.717, 1.165) is 18.7 Å². The van der Waals surface area contributed by atoms with Crippen LogP contribution in [0.25, 0.3) is 0 Å². The zero-order valence-corrected chi connectivity index (χ0v) is 11.3. The van der Waals surface area contributed by atoms with Gasteiger partial charge in [0, 0.05) is 13.1 Å². The van der Waals surface area contributed by atoms with Gasteiger partial charge in [-0.15, -0.1) is 0 Å². The second-order valence-corrected chi connectivity index (χ2v) is 5.10. The molecule has 1 aromatic rings. The lowest BCUT2D eigenvalue weighted by atomic mass is 10.00. The lowest BCUT2D eigenvalue weighted by molar-refractivity contribution is -0.0750. The molecule has 3 heteroatoms. The molecule has 0 bridgehead atoms. The zero-order chi connectivity index (χ0) is 13.1. The predicted octanol–water partition coefficient (Wildman–Crippen LogP) is 2.67. The first-order chi connectivity index (χ1) is 8.61. The maximum atomic E-state index is 9.50. The van der Waals surface area contributed by atoms with E-state index in [0.29, 0.717) is 0 Å². The zero-order valence-electron chi connectivity index (χ0n) is 11.3. The summed E-state index contributed by atoms with van der Waals surface area (Å²) in [5, 5.41) is 9.50. The van der Waals surface area contributed by atoms with Gasteiger partial charge in [-0.25, -0.2) is 0 Å². The summed E-state index contributed by atoms with van der Waals surface area (Å²) in [6, 6.07) is 10.4. The number of rotatable bonds is 2. The van der Waals surface area contributed by atoms with Crippen LogP contribution < -0.4 is 0 Å². The smallest absolute Gasteiger partial charge is 0.124 e. The molecule has 0 radical (unpaired) electrons. The fourth-order valence-electron chi connectivity index (χ4n) is 2.67. The van der Waals surface area contributed by atoms with E-state index in [1.165, 1.54) is 5.56 Å². The molecule has 0 aliphatic carbocycles. The van der Waals surface area contributed by atoms with Gasteiger partial charge in [-0.05, 0) is 31.9 Å². The summed E-state index contributed by atoms with van der Waals surface area (Å²) < 4.78 is 5.73. The number of hydrogen-bond acceptors (Lipinski definition) is 3. The Kier molecular flexibility index (Phi) is 4.00. The van der Waals surface area contributed by atoms with Crippen LogP contribution in [0.5, 0.6) is 0 Å². The Balaban J connectivity index is 2.24. The maximum Gasteiger partial charge on any atom is 0.124 e. The van der Waals surface area contributed by atoms with Crippen molar-refractivity contribution in [1.82, 2.24) is 4.90 Å². The van der Waals surface area contributed by atoms with Crippen LogP contribution in [-0.2, 0) is 4.74 Å². The molecule has 3 nitrogen and oxygen atoms in total. The third kappa shape index (κ3) is 2.72. The summed E-state index contributed by atoms with van der Waals surface area (Å²) in [5.41, 5.74) is 2.29. The highest BCUT2D eigenvalue weighted by Crippen LogP contribution is 2.26. The normalized spacial score (nSPS) is 26.6. The Morgan fingerprint density at radius 1 is 1.28 bits per heavy atom. The van der Waals surface area contributed by atoms with Crippen LogP contribution in [0, 0.1) is 18.3 Å². The SMILES string of the molecule is Cc1ccccc1C(C#N)N1CC(C)OC(C)C1. The van der Waals surface area contributed by atoms with Gasteiger partial charge in [0.1, 0.15) is 6.04 Å². The second kappa shape index (κ2) is 5.51. The van der Waals surface area contributed by atoms with Crippen molar-refractivity contribution in [3.63, 3.8) is 0 Å². The van der Waals surface area contributed by atoms with Crippen LogP contribution >= 0.6 is 0 Å². The van der Waals surface area contributed by atoms with Crippen molar-refractivity contribution >= 4 is 0 Å². The number of ether oxygens (including phenoxy) is 1. The van der Waals surface area contributed by atoms with Gasteiger partial charge < -0.3 is 4.74 Å². The van der Waals surface area contributed by atoms with Crippen LogP contribution in [0.3, 0.4) is 0 Å². The third-order valence-corrected chi connectivity index (χ3v) is 3.42. The van der Waals surface area contributed by atoms with Crippen LogP contribution in [0.2, 0.25) is 0 Å². The van der Waals surface area contributed by atoms with Crippen molar-refractivity contribution in [2.75, 3.05) is 13.1 Å². The Hall–Kier alpha value is -1.37. The first-order valence-corrected chi connectivity index (χ1v) is 6.46. The molecule has 3 atom stereocenters. The number of aryl methyl sites for hydroxylation is 1. The van der Waals surface area contributed by atoms with Gasteiger partial charge in [0.2, 0.25) is 0 Å². The Morgan fingerprint density at radius 2 is 1.89 bits per heavy atom. The van der Waals surface area contributed by atoms with E-state index < -0.39 is 0 Å². The van der Waals surface area contributed by atoms with Gasteiger partial charge in [0.05, 0.1) is 18.3 Å². The maximum absolute atomic E-state index is 9.50. The molecule has 1 fully saturated rings. The van der Waals surface area contributed by atoms with Crippen LogP contribution in [0.4, 0.5) is 0 Å². The highest BCUT2D eigenvalue weighted by molar-refractivity contribution is 5.32. The molecule has 1 aromatic carbocycles. The first kappa shape index (κ1) is 13.1. The number of nitrogens with zero attached hydrogens (tertiary/aromatic N) is 2. The Labute approximate surface area is 109 Å². The largest absolute Gasteiger partial charge is 0.373 e. The lowest BCUT2D eigenvalue weighted by Crippen LogP contribution is -2.46. The van der Waals surface area contributed by atoms with Gasteiger partial charge in [0.25, 0.3) is 0 Å². The summed E-state index contributed by atoms with van der Waals surface area (Å²) >= 11 is 0. The summed E-state index contributed by atoms with van der Waals surface area (Å²) in [6.45, 7) is 7.82. The highest BCUT2D eigenvalue weighted by atomic mass is 16.5.